The normalized spacial score (nSPS) is 17.9. The van der Waals surface area contributed by atoms with Gasteiger partial charge in [0.2, 0.25) is 5.91 Å². The summed E-state index contributed by atoms with van der Waals surface area (Å²) in [5.74, 6) is -1.21. The molecule has 0 aromatic rings. The Morgan fingerprint density at radius 2 is 2.05 bits per heavy atom. The highest BCUT2D eigenvalue weighted by Gasteiger charge is 2.14. The van der Waals surface area contributed by atoms with E-state index in [2.05, 4.69) is 10.2 Å². The molecule has 0 aliphatic carbocycles. The zero-order valence-corrected chi connectivity index (χ0v) is 11.1. The number of hydrogen-bond donors (Lipinski definition) is 3. The fourth-order valence-electron chi connectivity index (χ4n) is 1.88. The van der Waals surface area contributed by atoms with Crippen LogP contribution in [0, 0.1) is 0 Å². The van der Waals surface area contributed by atoms with Gasteiger partial charge < -0.3 is 20.9 Å². The van der Waals surface area contributed by atoms with Crippen molar-refractivity contribution in [2.45, 2.75) is 25.3 Å². The molecule has 19 heavy (non-hydrogen) atoms. The molecule has 1 unspecified atom stereocenters. The topological polar surface area (TPSA) is 105 Å². The van der Waals surface area contributed by atoms with E-state index in [0.717, 1.165) is 39.3 Å². The third-order valence-corrected chi connectivity index (χ3v) is 3.06. The summed E-state index contributed by atoms with van der Waals surface area (Å²) >= 11 is 0. The molecule has 0 saturated carbocycles. The second-order valence-electron chi connectivity index (χ2n) is 4.64. The van der Waals surface area contributed by atoms with Gasteiger partial charge in [-0.15, -0.1) is 0 Å². The number of carboxylic acids is 1. The van der Waals surface area contributed by atoms with E-state index >= 15 is 0 Å². The van der Waals surface area contributed by atoms with E-state index in [4.69, 9.17) is 15.6 Å². The van der Waals surface area contributed by atoms with Crippen molar-refractivity contribution in [3.8, 4) is 0 Å². The maximum absolute atomic E-state index is 11.5. The number of carbonyl (C=O) groups excluding carboxylic acids is 1. The Kier molecular flexibility index (Phi) is 7.39. The summed E-state index contributed by atoms with van der Waals surface area (Å²) in [7, 11) is 0. The molecule has 1 aliphatic heterocycles. The van der Waals surface area contributed by atoms with E-state index < -0.39 is 12.0 Å². The summed E-state index contributed by atoms with van der Waals surface area (Å²) in [5, 5.41) is 11.2. The minimum absolute atomic E-state index is 0.0810. The molecule has 7 nitrogen and oxygen atoms in total. The average Bonchev–Trinajstić information content (AvgIpc) is 2.41. The van der Waals surface area contributed by atoms with Crippen LogP contribution in [0.4, 0.5) is 0 Å². The van der Waals surface area contributed by atoms with Crippen LogP contribution in [0.15, 0.2) is 0 Å². The van der Waals surface area contributed by atoms with Gasteiger partial charge in [-0.25, -0.2) is 0 Å². The summed E-state index contributed by atoms with van der Waals surface area (Å²) < 4.78 is 5.25. The predicted molar refractivity (Wildman–Crippen MR) is 69.7 cm³/mol. The molecule has 1 rings (SSSR count). The molecule has 1 saturated heterocycles. The van der Waals surface area contributed by atoms with Gasteiger partial charge in [-0.3, -0.25) is 14.5 Å². The largest absolute Gasteiger partial charge is 0.481 e. The van der Waals surface area contributed by atoms with Crippen molar-refractivity contribution in [3.63, 3.8) is 0 Å². The lowest BCUT2D eigenvalue weighted by molar-refractivity contribution is -0.137. The second-order valence-corrected chi connectivity index (χ2v) is 4.64. The van der Waals surface area contributed by atoms with Crippen LogP contribution in [0.5, 0.6) is 0 Å². The molecular weight excluding hydrogens is 250 g/mol. The predicted octanol–water partition coefficient (Wildman–Crippen LogP) is -0.983. The van der Waals surface area contributed by atoms with Crippen LogP contribution in [0.2, 0.25) is 0 Å². The van der Waals surface area contributed by atoms with Gasteiger partial charge in [0.25, 0.3) is 0 Å². The fraction of sp³-hybridized carbons (Fsp3) is 0.833. The van der Waals surface area contributed by atoms with E-state index in [0.29, 0.717) is 6.54 Å². The van der Waals surface area contributed by atoms with E-state index in [9.17, 15) is 9.59 Å². The number of nitrogens with zero attached hydrogens (tertiary/aromatic N) is 1. The van der Waals surface area contributed by atoms with Crippen molar-refractivity contribution in [2.24, 2.45) is 5.73 Å². The van der Waals surface area contributed by atoms with Crippen LogP contribution >= 0.6 is 0 Å². The highest BCUT2D eigenvalue weighted by atomic mass is 16.5. The molecule has 4 N–H and O–H groups in total. The first-order chi connectivity index (χ1) is 9.09. The molecule has 7 heteroatoms. The van der Waals surface area contributed by atoms with Gasteiger partial charge >= 0.3 is 5.97 Å². The lowest BCUT2D eigenvalue weighted by Crippen LogP contribution is -2.42. The van der Waals surface area contributed by atoms with Crippen LogP contribution in [0.25, 0.3) is 0 Å². The smallest absolute Gasteiger partial charge is 0.303 e. The van der Waals surface area contributed by atoms with Crippen molar-refractivity contribution < 1.29 is 19.4 Å². The first-order valence-corrected chi connectivity index (χ1v) is 6.65. The zero-order chi connectivity index (χ0) is 14.1. The number of aliphatic carboxylic acids is 1. The van der Waals surface area contributed by atoms with Crippen LogP contribution in [-0.4, -0.2) is 67.3 Å². The van der Waals surface area contributed by atoms with Crippen LogP contribution in [0.3, 0.4) is 0 Å². The third kappa shape index (κ3) is 7.09. The molecule has 1 aliphatic rings. The number of carbonyl (C=O) groups is 2. The van der Waals surface area contributed by atoms with Gasteiger partial charge in [0.15, 0.2) is 0 Å². The Balaban J connectivity index is 2.04. The fourth-order valence-corrected chi connectivity index (χ4v) is 1.88. The number of amides is 1. The quantitative estimate of drug-likeness (QED) is 0.491. The molecule has 1 amide bonds. The highest BCUT2D eigenvalue weighted by molar-refractivity contribution is 5.82. The Bertz CT molecular complexity index is 293. The number of nitrogens with one attached hydrogen (secondary N) is 1. The monoisotopic (exact) mass is 273 g/mol. The summed E-state index contributed by atoms with van der Waals surface area (Å²) in [6.07, 6.45) is 0.949. The second kappa shape index (κ2) is 8.84. The molecule has 0 aromatic heterocycles. The molecular formula is C12H23N3O4. The number of ether oxygens (including phenoxy) is 1. The van der Waals surface area contributed by atoms with E-state index in [1.165, 1.54) is 0 Å². The maximum atomic E-state index is 11.5. The summed E-state index contributed by atoms with van der Waals surface area (Å²) in [4.78, 5) is 24.2. The van der Waals surface area contributed by atoms with E-state index in [1.54, 1.807) is 0 Å². The van der Waals surface area contributed by atoms with Gasteiger partial charge in [0.1, 0.15) is 0 Å². The zero-order valence-electron chi connectivity index (χ0n) is 11.1. The van der Waals surface area contributed by atoms with E-state index in [1.807, 2.05) is 0 Å². The lowest BCUT2D eigenvalue weighted by atomic mass is 10.1. The van der Waals surface area contributed by atoms with Crippen molar-refractivity contribution in [2.75, 3.05) is 39.4 Å². The summed E-state index contributed by atoms with van der Waals surface area (Å²) in [6, 6.07) is -0.737. The Labute approximate surface area is 113 Å². The molecule has 1 heterocycles. The Morgan fingerprint density at radius 3 is 2.68 bits per heavy atom. The SMILES string of the molecule is NC(CCC(=O)O)C(=O)NCCCN1CCOCC1. The molecule has 0 aromatic carbocycles. The van der Waals surface area contributed by atoms with Crippen molar-refractivity contribution >= 4 is 11.9 Å². The van der Waals surface area contributed by atoms with Gasteiger partial charge in [-0.1, -0.05) is 0 Å². The number of rotatable bonds is 8. The number of nitrogens with two attached hydrogens (primary N) is 1. The first kappa shape index (κ1) is 15.9. The van der Waals surface area contributed by atoms with Crippen molar-refractivity contribution in [1.29, 1.82) is 0 Å². The number of carboxylic acid groups (broad SMARTS) is 1. The van der Waals surface area contributed by atoms with Gasteiger partial charge in [0.05, 0.1) is 19.3 Å². The van der Waals surface area contributed by atoms with Crippen LogP contribution in [0.1, 0.15) is 19.3 Å². The van der Waals surface area contributed by atoms with Crippen molar-refractivity contribution in [1.82, 2.24) is 10.2 Å². The van der Waals surface area contributed by atoms with Crippen LogP contribution in [-0.2, 0) is 14.3 Å². The van der Waals surface area contributed by atoms with Crippen LogP contribution < -0.4 is 11.1 Å². The standard InChI is InChI=1S/C12H23N3O4/c13-10(2-3-11(16)17)12(18)14-4-1-5-15-6-8-19-9-7-15/h10H,1-9,13H2,(H,14,18)(H,16,17). The summed E-state index contributed by atoms with van der Waals surface area (Å²) in [6.45, 7) is 4.90. The third-order valence-electron chi connectivity index (χ3n) is 3.06. The minimum Gasteiger partial charge on any atom is -0.481 e. The van der Waals surface area contributed by atoms with Gasteiger partial charge in [-0.05, 0) is 19.4 Å². The van der Waals surface area contributed by atoms with Gasteiger partial charge in [-0.2, -0.15) is 0 Å². The number of morpholine rings is 1. The average molecular weight is 273 g/mol. The minimum atomic E-state index is -0.935. The molecule has 0 bridgehead atoms. The lowest BCUT2D eigenvalue weighted by Gasteiger charge is -2.26. The molecule has 110 valence electrons. The van der Waals surface area contributed by atoms with E-state index in [-0.39, 0.29) is 18.7 Å². The Morgan fingerprint density at radius 1 is 1.37 bits per heavy atom. The maximum Gasteiger partial charge on any atom is 0.303 e. The molecule has 1 fully saturated rings. The highest BCUT2D eigenvalue weighted by Crippen LogP contribution is 1.98. The Hall–Kier alpha value is -1.18. The molecule has 1 atom stereocenters. The molecule has 0 radical (unpaired) electrons. The summed E-state index contributed by atoms with van der Waals surface area (Å²) in [5.41, 5.74) is 5.59. The molecule has 0 spiro atoms. The van der Waals surface area contributed by atoms with Crippen molar-refractivity contribution in [3.05, 3.63) is 0 Å². The number of hydrogen-bond acceptors (Lipinski definition) is 5. The van der Waals surface area contributed by atoms with Gasteiger partial charge in [0, 0.05) is 26.1 Å². The first-order valence-electron chi connectivity index (χ1n) is 6.65.